The van der Waals surface area contributed by atoms with E-state index >= 15 is 0 Å². The summed E-state index contributed by atoms with van der Waals surface area (Å²) in [4.78, 5) is 37.3. The maximum Gasteiger partial charge on any atom is 0.225 e. The fourth-order valence-electron chi connectivity index (χ4n) is 4.01. The molecule has 24 heavy (non-hydrogen) atoms. The SMILES string of the molecule is CC(=O)N1CCCC1c1ncc2c(n1)CCN(C(=O)C1CCC1)C2. The van der Waals surface area contributed by atoms with Crippen LogP contribution in [0, 0.1) is 5.92 Å². The third-order valence-electron chi connectivity index (χ3n) is 5.67. The van der Waals surface area contributed by atoms with Gasteiger partial charge in [0.05, 0.1) is 11.7 Å². The maximum atomic E-state index is 12.4. The van der Waals surface area contributed by atoms with E-state index in [1.807, 2.05) is 16.0 Å². The van der Waals surface area contributed by atoms with Crippen molar-refractivity contribution in [2.45, 2.75) is 58.0 Å². The molecule has 4 rings (SSSR count). The highest BCUT2D eigenvalue weighted by Crippen LogP contribution is 2.32. The zero-order chi connectivity index (χ0) is 16.7. The quantitative estimate of drug-likeness (QED) is 0.831. The minimum atomic E-state index is 0.0161. The van der Waals surface area contributed by atoms with Gasteiger partial charge >= 0.3 is 0 Å². The van der Waals surface area contributed by atoms with Crippen LogP contribution >= 0.6 is 0 Å². The molecular formula is C18H24N4O2. The smallest absolute Gasteiger partial charge is 0.225 e. The second-order valence-corrected chi connectivity index (χ2v) is 7.21. The predicted octanol–water partition coefficient (Wildman–Crippen LogP) is 1.84. The first kappa shape index (κ1) is 15.5. The third kappa shape index (κ3) is 2.68. The molecule has 0 bridgehead atoms. The van der Waals surface area contributed by atoms with E-state index in [1.54, 1.807) is 6.92 Å². The Morgan fingerprint density at radius 3 is 2.71 bits per heavy atom. The molecule has 1 unspecified atom stereocenters. The first-order valence-corrected chi connectivity index (χ1v) is 9.04. The fourth-order valence-corrected chi connectivity index (χ4v) is 4.01. The standard InChI is InChI=1S/C18H24N4O2/c1-12(23)22-8-3-6-16(22)17-19-10-14-11-21(9-7-15(14)20-17)18(24)13-4-2-5-13/h10,13,16H,2-9,11H2,1H3. The van der Waals surface area contributed by atoms with Crippen LogP contribution in [0.4, 0.5) is 0 Å². The number of carbonyl (C=O) groups is 2. The molecule has 2 aliphatic heterocycles. The van der Waals surface area contributed by atoms with Gasteiger partial charge in [0.2, 0.25) is 11.8 Å². The summed E-state index contributed by atoms with van der Waals surface area (Å²) in [5.41, 5.74) is 2.11. The van der Waals surface area contributed by atoms with Crippen LogP contribution in [0.3, 0.4) is 0 Å². The number of hydrogen-bond acceptors (Lipinski definition) is 4. The van der Waals surface area contributed by atoms with E-state index in [9.17, 15) is 9.59 Å². The van der Waals surface area contributed by atoms with E-state index in [2.05, 4.69) is 4.98 Å². The highest BCUT2D eigenvalue weighted by atomic mass is 16.2. The van der Waals surface area contributed by atoms with Crippen molar-refractivity contribution < 1.29 is 9.59 Å². The lowest BCUT2D eigenvalue weighted by Gasteiger charge is -2.34. The second-order valence-electron chi connectivity index (χ2n) is 7.21. The molecule has 6 heteroatoms. The first-order chi connectivity index (χ1) is 11.6. The van der Waals surface area contributed by atoms with Gasteiger partial charge < -0.3 is 9.80 Å². The number of amides is 2. The van der Waals surface area contributed by atoms with Crippen LogP contribution in [0.25, 0.3) is 0 Å². The lowest BCUT2D eigenvalue weighted by atomic mass is 9.84. The maximum absolute atomic E-state index is 12.4. The molecule has 2 fully saturated rings. The summed E-state index contributed by atoms with van der Waals surface area (Å²) in [6.45, 7) is 3.79. The molecule has 0 radical (unpaired) electrons. The molecule has 128 valence electrons. The van der Waals surface area contributed by atoms with Crippen molar-refractivity contribution in [2.24, 2.45) is 5.92 Å². The van der Waals surface area contributed by atoms with Gasteiger partial charge in [0, 0.05) is 50.7 Å². The zero-order valence-corrected chi connectivity index (χ0v) is 14.2. The molecule has 1 saturated carbocycles. The van der Waals surface area contributed by atoms with E-state index in [-0.39, 0.29) is 17.9 Å². The monoisotopic (exact) mass is 328 g/mol. The normalized spacial score (nSPS) is 23.8. The van der Waals surface area contributed by atoms with Gasteiger partial charge in [-0.1, -0.05) is 6.42 Å². The van der Waals surface area contributed by atoms with Crippen LogP contribution in [-0.2, 0) is 22.6 Å². The molecule has 0 spiro atoms. The molecule has 0 N–H and O–H groups in total. The number of aromatic nitrogens is 2. The van der Waals surface area contributed by atoms with E-state index in [0.717, 1.165) is 62.3 Å². The van der Waals surface area contributed by atoms with E-state index in [1.165, 1.54) is 6.42 Å². The minimum Gasteiger partial charge on any atom is -0.338 e. The van der Waals surface area contributed by atoms with Crippen LogP contribution in [0.15, 0.2) is 6.20 Å². The fraction of sp³-hybridized carbons (Fsp3) is 0.667. The van der Waals surface area contributed by atoms with E-state index < -0.39 is 0 Å². The minimum absolute atomic E-state index is 0.0161. The topological polar surface area (TPSA) is 66.4 Å². The van der Waals surface area contributed by atoms with Crippen molar-refractivity contribution >= 4 is 11.8 Å². The van der Waals surface area contributed by atoms with Crippen molar-refractivity contribution in [3.05, 3.63) is 23.3 Å². The average Bonchev–Trinajstić information content (AvgIpc) is 3.02. The van der Waals surface area contributed by atoms with Crippen LogP contribution in [0.2, 0.25) is 0 Å². The van der Waals surface area contributed by atoms with Crippen molar-refractivity contribution in [2.75, 3.05) is 13.1 Å². The van der Waals surface area contributed by atoms with Gasteiger partial charge in [-0.2, -0.15) is 0 Å². The largest absolute Gasteiger partial charge is 0.338 e. The van der Waals surface area contributed by atoms with Gasteiger partial charge in [0.25, 0.3) is 0 Å². The van der Waals surface area contributed by atoms with Crippen molar-refractivity contribution in [1.29, 1.82) is 0 Å². The number of fused-ring (bicyclic) bond motifs is 1. The number of hydrogen-bond donors (Lipinski definition) is 0. The number of likely N-dealkylation sites (tertiary alicyclic amines) is 1. The second kappa shape index (κ2) is 6.15. The van der Waals surface area contributed by atoms with Crippen molar-refractivity contribution in [1.82, 2.24) is 19.8 Å². The van der Waals surface area contributed by atoms with Crippen LogP contribution < -0.4 is 0 Å². The summed E-state index contributed by atoms with van der Waals surface area (Å²) < 4.78 is 0. The molecule has 1 aromatic rings. The lowest BCUT2D eigenvalue weighted by molar-refractivity contribution is -0.139. The van der Waals surface area contributed by atoms with Crippen LogP contribution in [0.1, 0.15) is 62.2 Å². The Morgan fingerprint density at radius 1 is 1.17 bits per heavy atom. The molecule has 0 aromatic carbocycles. The van der Waals surface area contributed by atoms with Crippen LogP contribution in [0.5, 0.6) is 0 Å². The first-order valence-electron chi connectivity index (χ1n) is 9.04. The molecule has 2 amide bonds. The third-order valence-corrected chi connectivity index (χ3v) is 5.67. The Bertz CT molecular complexity index is 671. The van der Waals surface area contributed by atoms with Gasteiger partial charge in [0.1, 0.15) is 0 Å². The summed E-state index contributed by atoms with van der Waals surface area (Å²) in [6, 6.07) is 0.0161. The highest BCUT2D eigenvalue weighted by Gasteiger charge is 2.33. The number of nitrogens with zero attached hydrogens (tertiary/aromatic N) is 4. The van der Waals surface area contributed by atoms with Crippen molar-refractivity contribution in [3.63, 3.8) is 0 Å². The molecular weight excluding hydrogens is 304 g/mol. The molecule has 1 atom stereocenters. The van der Waals surface area contributed by atoms with Gasteiger partial charge in [-0.05, 0) is 25.7 Å². The van der Waals surface area contributed by atoms with Gasteiger partial charge in [0.15, 0.2) is 5.82 Å². The molecule has 1 aromatic heterocycles. The average molecular weight is 328 g/mol. The number of rotatable bonds is 2. The van der Waals surface area contributed by atoms with Gasteiger partial charge in [-0.3, -0.25) is 9.59 Å². The van der Waals surface area contributed by atoms with E-state index in [4.69, 9.17) is 4.98 Å². The van der Waals surface area contributed by atoms with Gasteiger partial charge in [-0.15, -0.1) is 0 Å². The molecule has 3 aliphatic rings. The molecule has 6 nitrogen and oxygen atoms in total. The lowest BCUT2D eigenvalue weighted by Crippen LogP contribution is -2.42. The molecule has 3 heterocycles. The Balaban J connectivity index is 1.51. The highest BCUT2D eigenvalue weighted by molar-refractivity contribution is 5.79. The van der Waals surface area contributed by atoms with Crippen molar-refractivity contribution in [3.8, 4) is 0 Å². The Labute approximate surface area is 142 Å². The van der Waals surface area contributed by atoms with Crippen LogP contribution in [-0.4, -0.2) is 44.7 Å². The summed E-state index contributed by atoms with van der Waals surface area (Å²) in [5, 5.41) is 0. The predicted molar refractivity (Wildman–Crippen MR) is 87.9 cm³/mol. The summed E-state index contributed by atoms with van der Waals surface area (Å²) in [7, 11) is 0. The molecule has 1 aliphatic carbocycles. The summed E-state index contributed by atoms with van der Waals surface area (Å²) in [6.07, 6.45) is 7.87. The number of carbonyl (C=O) groups excluding carboxylic acids is 2. The van der Waals surface area contributed by atoms with Gasteiger partial charge in [-0.25, -0.2) is 9.97 Å². The zero-order valence-electron chi connectivity index (χ0n) is 14.2. The van der Waals surface area contributed by atoms with E-state index in [0.29, 0.717) is 12.5 Å². The Morgan fingerprint density at radius 2 is 2.00 bits per heavy atom. The Hall–Kier alpha value is -1.98. The Kier molecular flexibility index (Phi) is 3.98. The molecule has 1 saturated heterocycles. The summed E-state index contributed by atoms with van der Waals surface area (Å²) >= 11 is 0. The summed E-state index contributed by atoms with van der Waals surface area (Å²) in [5.74, 6) is 1.40.